The van der Waals surface area contributed by atoms with E-state index in [-0.39, 0.29) is 23.8 Å². The van der Waals surface area contributed by atoms with Gasteiger partial charge < -0.3 is 19.5 Å². The molecule has 2 heterocycles. The van der Waals surface area contributed by atoms with Crippen molar-refractivity contribution in [1.82, 2.24) is 14.8 Å². The third-order valence-electron chi connectivity index (χ3n) is 8.14. The zero-order chi connectivity index (χ0) is 25.3. The van der Waals surface area contributed by atoms with Gasteiger partial charge >= 0.3 is 0 Å². The van der Waals surface area contributed by atoms with Crippen molar-refractivity contribution in [2.75, 3.05) is 13.7 Å². The highest BCUT2D eigenvalue weighted by Gasteiger charge is 2.48. The maximum absolute atomic E-state index is 14.1. The molecular formula is C30H37N3O3. The molecule has 1 N–H and O–H groups in total. The molecule has 0 unspecified atom stereocenters. The fourth-order valence-electron chi connectivity index (χ4n) is 5.87. The van der Waals surface area contributed by atoms with Crippen LogP contribution in [-0.2, 0) is 11.3 Å². The highest BCUT2D eigenvalue weighted by atomic mass is 16.5. The average Bonchev–Trinajstić information content (AvgIpc) is 3.05. The molecule has 0 saturated heterocycles. The summed E-state index contributed by atoms with van der Waals surface area (Å²) in [6, 6.07) is 18.2. The molecule has 2 aliphatic rings. The molecule has 2 atom stereocenters. The number of fused-ring (bicyclic) bond motifs is 3. The normalized spacial score (nSPS) is 21.6. The first kappa shape index (κ1) is 24.4. The summed E-state index contributed by atoms with van der Waals surface area (Å²) in [4.78, 5) is 29.9. The minimum Gasteiger partial charge on any atom is -0.497 e. The molecule has 36 heavy (non-hydrogen) atoms. The fourth-order valence-corrected chi connectivity index (χ4v) is 5.87. The second-order valence-corrected chi connectivity index (χ2v) is 10.7. The predicted octanol–water partition coefficient (Wildman–Crippen LogP) is 5.51. The van der Waals surface area contributed by atoms with Crippen LogP contribution in [-0.4, -0.2) is 46.5 Å². The zero-order valence-electron chi connectivity index (χ0n) is 21.6. The van der Waals surface area contributed by atoms with E-state index in [9.17, 15) is 9.59 Å². The first-order valence-electron chi connectivity index (χ1n) is 13.3. The van der Waals surface area contributed by atoms with Gasteiger partial charge in [-0.15, -0.1) is 0 Å². The summed E-state index contributed by atoms with van der Waals surface area (Å²) in [7, 11) is 1.64. The predicted molar refractivity (Wildman–Crippen MR) is 142 cm³/mol. The summed E-state index contributed by atoms with van der Waals surface area (Å²) < 4.78 is 7.47. The molecule has 0 bridgehead atoms. The van der Waals surface area contributed by atoms with Crippen LogP contribution in [0.15, 0.2) is 54.6 Å². The number of benzene rings is 2. The number of hydrogen-bond donors (Lipinski definition) is 1. The Morgan fingerprint density at radius 2 is 1.81 bits per heavy atom. The van der Waals surface area contributed by atoms with Gasteiger partial charge in [0.25, 0.3) is 5.91 Å². The van der Waals surface area contributed by atoms with Crippen LogP contribution in [0.5, 0.6) is 5.75 Å². The van der Waals surface area contributed by atoms with Crippen LogP contribution in [0.2, 0.25) is 0 Å². The zero-order valence-corrected chi connectivity index (χ0v) is 21.6. The first-order valence-corrected chi connectivity index (χ1v) is 13.3. The topological polar surface area (TPSA) is 63.6 Å². The van der Waals surface area contributed by atoms with Gasteiger partial charge in [0.1, 0.15) is 17.0 Å². The Hall–Kier alpha value is -3.28. The Balaban J connectivity index is 1.53. The maximum Gasteiger partial charge on any atom is 0.271 e. The minimum absolute atomic E-state index is 0.0570. The van der Waals surface area contributed by atoms with Crippen LogP contribution < -0.4 is 10.1 Å². The molecule has 0 spiro atoms. The highest BCUT2D eigenvalue weighted by Crippen LogP contribution is 2.35. The van der Waals surface area contributed by atoms with Crippen LogP contribution in [0.25, 0.3) is 10.9 Å². The smallest absolute Gasteiger partial charge is 0.271 e. The summed E-state index contributed by atoms with van der Waals surface area (Å²) in [5, 5.41) is 4.33. The van der Waals surface area contributed by atoms with Crippen LogP contribution in [0, 0.1) is 0 Å². The quantitative estimate of drug-likeness (QED) is 0.467. The second kappa shape index (κ2) is 10.00. The summed E-state index contributed by atoms with van der Waals surface area (Å²) in [6.07, 6.45) is 6.74. The van der Waals surface area contributed by atoms with E-state index in [2.05, 4.69) is 24.4 Å². The van der Waals surface area contributed by atoms with Crippen LogP contribution in [0.4, 0.5) is 0 Å². The molecule has 1 saturated carbocycles. The van der Waals surface area contributed by atoms with E-state index in [1.54, 1.807) is 7.11 Å². The number of nitrogens with zero attached hydrogens (tertiary/aromatic N) is 2. The van der Waals surface area contributed by atoms with E-state index in [0.717, 1.165) is 47.9 Å². The minimum atomic E-state index is -1.01. The Morgan fingerprint density at radius 1 is 1.08 bits per heavy atom. The monoisotopic (exact) mass is 487 g/mol. The van der Waals surface area contributed by atoms with Gasteiger partial charge in [-0.25, -0.2) is 0 Å². The number of amides is 2. The van der Waals surface area contributed by atoms with E-state index in [0.29, 0.717) is 18.8 Å². The van der Waals surface area contributed by atoms with Crippen molar-refractivity contribution in [3.63, 3.8) is 0 Å². The molecule has 1 fully saturated rings. The summed E-state index contributed by atoms with van der Waals surface area (Å²) in [5.41, 5.74) is 1.70. The summed E-state index contributed by atoms with van der Waals surface area (Å²) in [5.74, 6) is 0.674. The number of methoxy groups -OCH3 is 1. The molecule has 6 heteroatoms. The molecule has 1 aromatic heterocycles. The largest absolute Gasteiger partial charge is 0.497 e. The average molecular weight is 488 g/mol. The van der Waals surface area contributed by atoms with E-state index in [4.69, 9.17) is 4.74 Å². The molecule has 2 amide bonds. The van der Waals surface area contributed by atoms with E-state index >= 15 is 0 Å². The van der Waals surface area contributed by atoms with Crippen molar-refractivity contribution in [2.24, 2.45) is 0 Å². The van der Waals surface area contributed by atoms with Gasteiger partial charge in [-0.05, 0) is 49.4 Å². The van der Waals surface area contributed by atoms with Crippen LogP contribution in [0.3, 0.4) is 0 Å². The van der Waals surface area contributed by atoms with Crippen molar-refractivity contribution in [1.29, 1.82) is 0 Å². The van der Waals surface area contributed by atoms with Gasteiger partial charge in [0, 0.05) is 24.0 Å². The van der Waals surface area contributed by atoms with Gasteiger partial charge in [0.15, 0.2) is 0 Å². The Morgan fingerprint density at radius 3 is 2.50 bits per heavy atom. The van der Waals surface area contributed by atoms with Gasteiger partial charge in [-0.2, -0.15) is 0 Å². The van der Waals surface area contributed by atoms with E-state index in [1.165, 1.54) is 12.8 Å². The van der Waals surface area contributed by atoms with Crippen molar-refractivity contribution in [3.8, 4) is 5.75 Å². The molecule has 1 aliphatic heterocycles. The molecule has 0 radical (unpaired) electrons. The molecule has 1 aliphatic carbocycles. The first-order chi connectivity index (χ1) is 17.4. The van der Waals surface area contributed by atoms with Crippen molar-refractivity contribution in [3.05, 3.63) is 65.9 Å². The van der Waals surface area contributed by atoms with Gasteiger partial charge in [-0.3, -0.25) is 9.59 Å². The number of carbonyl (C=O) groups is 2. The number of aromatic nitrogens is 1. The lowest BCUT2D eigenvalue weighted by molar-refractivity contribution is -0.133. The molecule has 3 aromatic rings. The fraction of sp³-hybridized carbons (Fsp3) is 0.467. The molecule has 5 rings (SSSR count). The lowest BCUT2D eigenvalue weighted by Gasteiger charge is -2.45. The van der Waals surface area contributed by atoms with Crippen molar-refractivity contribution >= 4 is 22.7 Å². The van der Waals surface area contributed by atoms with Crippen molar-refractivity contribution in [2.45, 2.75) is 76.4 Å². The third kappa shape index (κ3) is 4.49. The number of nitrogens with one attached hydrogen (secondary N) is 1. The lowest BCUT2D eigenvalue weighted by Crippen LogP contribution is -2.65. The molecule has 6 nitrogen and oxygen atoms in total. The maximum atomic E-state index is 14.1. The highest BCUT2D eigenvalue weighted by molar-refractivity contribution is 6.03. The van der Waals surface area contributed by atoms with Gasteiger partial charge in [0.05, 0.1) is 19.2 Å². The van der Waals surface area contributed by atoms with Gasteiger partial charge in [0.2, 0.25) is 5.91 Å². The Kier molecular flexibility index (Phi) is 6.78. The Bertz CT molecular complexity index is 1240. The second-order valence-electron chi connectivity index (χ2n) is 10.7. The molecule has 2 aromatic carbocycles. The van der Waals surface area contributed by atoms with E-state index in [1.807, 2.05) is 58.9 Å². The van der Waals surface area contributed by atoms with Crippen molar-refractivity contribution < 1.29 is 14.3 Å². The van der Waals surface area contributed by atoms with E-state index < -0.39 is 5.54 Å². The standard InChI is InChI=1S/C30H37N3O3/c1-21(22-11-7-6-8-12-22)19-33-28(34)27-17-23-15-16-25(36-3)18-26(23)32(27)20-30(33,2)29(35)31-24-13-9-4-5-10-14-24/h6-8,11-12,15-18,21,24H,4-5,9-10,13-14,19-20H2,1-3H3,(H,31,35)/t21-,30+/m0/s1. The third-order valence-corrected chi connectivity index (χ3v) is 8.14. The van der Waals surface area contributed by atoms with Crippen LogP contribution >= 0.6 is 0 Å². The number of hydrogen-bond acceptors (Lipinski definition) is 3. The lowest BCUT2D eigenvalue weighted by atomic mass is 9.91. The summed E-state index contributed by atoms with van der Waals surface area (Å²) in [6.45, 7) is 4.94. The number of carbonyl (C=O) groups excluding carboxylic acids is 2. The SMILES string of the molecule is COc1ccc2cc3n(c2c1)C[C@](C)(C(=O)NC1CCCCCC1)N(C[C@H](C)c1ccccc1)C3=O. The Labute approximate surface area is 213 Å². The molecular weight excluding hydrogens is 450 g/mol. The summed E-state index contributed by atoms with van der Waals surface area (Å²) >= 11 is 0. The number of rotatable bonds is 6. The molecule has 190 valence electrons. The number of ether oxygens (including phenoxy) is 1. The van der Waals surface area contributed by atoms with Crippen LogP contribution in [0.1, 0.15) is 74.3 Å². The van der Waals surface area contributed by atoms with Gasteiger partial charge in [-0.1, -0.05) is 62.9 Å².